The van der Waals surface area contributed by atoms with E-state index in [2.05, 4.69) is 0 Å². The Hall–Kier alpha value is -2.58. The van der Waals surface area contributed by atoms with Gasteiger partial charge in [-0.25, -0.2) is 0 Å². The Labute approximate surface area is 174 Å². The number of hydrogen-bond acceptors (Lipinski definition) is 4. The molecule has 0 amide bonds. The second kappa shape index (κ2) is 7.59. The van der Waals surface area contributed by atoms with Gasteiger partial charge >= 0.3 is 6.18 Å². The van der Waals surface area contributed by atoms with Crippen molar-refractivity contribution >= 4 is 34.1 Å². The van der Waals surface area contributed by atoms with Crippen LogP contribution >= 0.6 is 0 Å². The van der Waals surface area contributed by atoms with Crippen LogP contribution in [0, 0.1) is 0 Å². The smallest absolute Gasteiger partial charge is 0.416 e. The van der Waals surface area contributed by atoms with E-state index in [0.29, 0.717) is 10.5 Å². The van der Waals surface area contributed by atoms with Crippen molar-refractivity contribution in [1.82, 2.24) is 0 Å². The fourth-order valence-electron chi connectivity index (χ4n) is 3.16. The number of halogens is 3. The summed E-state index contributed by atoms with van der Waals surface area (Å²) in [6, 6.07) is 9.28. The Bertz CT molecular complexity index is 1050. The summed E-state index contributed by atoms with van der Waals surface area (Å²) in [6.07, 6.45) is -3.17. The highest BCUT2D eigenvalue weighted by atomic mass is 32.2. The molecule has 30 heavy (non-hydrogen) atoms. The van der Waals surface area contributed by atoms with Crippen molar-refractivity contribution in [2.75, 3.05) is 6.26 Å². The van der Waals surface area contributed by atoms with Crippen molar-refractivity contribution in [3.63, 3.8) is 0 Å². The summed E-state index contributed by atoms with van der Waals surface area (Å²) < 4.78 is 57.7. The van der Waals surface area contributed by atoms with E-state index in [1.54, 1.807) is 24.3 Å². The summed E-state index contributed by atoms with van der Waals surface area (Å²) in [6.45, 7) is 4.21. The van der Waals surface area contributed by atoms with E-state index < -0.39 is 40.1 Å². The van der Waals surface area contributed by atoms with E-state index >= 15 is 0 Å². The van der Waals surface area contributed by atoms with Gasteiger partial charge in [0.1, 0.15) is 12.0 Å². The lowest BCUT2D eigenvalue weighted by atomic mass is 9.90. The predicted molar refractivity (Wildman–Crippen MR) is 107 cm³/mol. The topological polar surface area (TPSA) is 66.4 Å². The van der Waals surface area contributed by atoms with Crippen LogP contribution in [-0.4, -0.2) is 28.0 Å². The first kappa shape index (κ1) is 22.1. The second-order valence-corrected chi connectivity index (χ2v) is 8.86. The van der Waals surface area contributed by atoms with Crippen LogP contribution < -0.4 is 0 Å². The highest BCUT2D eigenvalue weighted by molar-refractivity contribution is 7.90. The maximum absolute atomic E-state index is 13.4. The summed E-state index contributed by atoms with van der Waals surface area (Å²) in [5, 5.41) is 0. The van der Waals surface area contributed by atoms with Gasteiger partial charge in [0.05, 0.1) is 11.1 Å². The fourth-order valence-corrected chi connectivity index (χ4v) is 3.68. The summed E-state index contributed by atoms with van der Waals surface area (Å²) in [7, 11) is 0. The van der Waals surface area contributed by atoms with Gasteiger partial charge in [0.25, 0.3) is 0 Å². The Morgan fingerprint density at radius 1 is 1.07 bits per heavy atom. The molecule has 0 aromatic heterocycles. The second-order valence-electron chi connectivity index (χ2n) is 7.48. The molecule has 1 atom stereocenters. The molecule has 0 N–H and O–H groups in total. The molecule has 0 saturated heterocycles. The van der Waals surface area contributed by atoms with Gasteiger partial charge in [-0.15, -0.1) is 0 Å². The van der Waals surface area contributed by atoms with Crippen LogP contribution in [0.25, 0.3) is 11.3 Å². The van der Waals surface area contributed by atoms with Crippen LogP contribution in [0.4, 0.5) is 13.2 Å². The van der Waals surface area contributed by atoms with Gasteiger partial charge in [-0.2, -0.15) is 13.2 Å². The molecular weight excluding hydrogens is 417 g/mol. The first-order valence-corrected chi connectivity index (χ1v) is 10.5. The molecule has 0 saturated carbocycles. The zero-order valence-corrected chi connectivity index (χ0v) is 17.5. The van der Waals surface area contributed by atoms with E-state index in [-0.39, 0.29) is 22.5 Å². The molecule has 0 aliphatic carbocycles. The maximum atomic E-state index is 13.4. The normalized spacial score (nSPS) is 17.1. The van der Waals surface area contributed by atoms with E-state index in [9.17, 15) is 27.3 Å². The number of alkyl halides is 3. The van der Waals surface area contributed by atoms with Crippen molar-refractivity contribution < 1.29 is 32.0 Å². The van der Waals surface area contributed by atoms with Crippen LogP contribution in [0.1, 0.15) is 47.8 Å². The van der Waals surface area contributed by atoms with E-state index in [1.165, 1.54) is 26.2 Å². The lowest BCUT2D eigenvalue weighted by Crippen LogP contribution is -2.29. The summed E-state index contributed by atoms with van der Waals surface area (Å²) in [5.41, 5.74) is -2.07. The van der Waals surface area contributed by atoms with Crippen LogP contribution in [0.2, 0.25) is 0 Å². The summed E-state index contributed by atoms with van der Waals surface area (Å²) in [5.74, 6) is -0.924. The van der Waals surface area contributed by atoms with Gasteiger partial charge in [0.2, 0.25) is 5.78 Å². The quantitative estimate of drug-likeness (QED) is 0.506. The zero-order valence-electron chi connectivity index (χ0n) is 16.7. The number of hydrogen-bond donors (Lipinski definition) is 0. The Morgan fingerprint density at radius 3 is 2.17 bits per heavy atom. The molecular formula is C22H19F3O4S. The third-order valence-electron chi connectivity index (χ3n) is 4.76. The van der Waals surface area contributed by atoms with Gasteiger partial charge < -0.3 is 9.29 Å². The minimum Gasteiger partial charge on any atom is -0.612 e. The van der Waals surface area contributed by atoms with Crippen molar-refractivity contribution in [2.24, 2.45) is 0 Å². The Kier molecular flexibility index (Phi) is 5.60. The number of ketones is 2. The minimum absolute atomic E-state index is 0.0287. The Morgan fingerprint density at radius 2 is 1.67 bits per heavy atom. The molecule has 1 aliphatic heterocycles. The molecule has 1 heterocycles. The SMILES string of the molecule is CC(=O)c1cc(C2=C(c3ccc([S+](C)[O-])cc3)OC(C)(C)C2=O)cc(C(F)(F)F)c1. The molecule has 1 aliphatic rings. The minimum atomic E-state index is -4.69. The highest BCUT2D eigenvalue weighted by Crippen LogP contribution is 2.43. The molecule has 2 aromatic rings. The monoisotopic (exact) mass is 436 g/mol. The molecule has 0 radical (unpaired) electrons. The van der Waals surface area contributed by atoms with Gasteiger partial charge in [-0.05, 0) is 80.0 Å². The Balaban J connectivity index is 2.26. The lowest BCUT2D eigenvalue weighted by molar-refractivity contribution is -0.137. The molecule has 0 bridgehead atoms. The number of rotatable bonds is 4. The largest absolute Gasteiger partial charge is 0.612 e. The highest BCUT2D eigenvalue weighted by Gasteiger charge is 2.43. The maximum Gasteiger partial charge on any atom is 0.416 e. The molecule has 0 spiro atoms. The van der Waals surface area contributed by atoms with Crippen molar-refractivity contribution in [3.8, 4) is 0 Å². The van der Waals surface area contributed by atoms with Crippen LogP contribution in [-0.2, 0) is 26.9 Å². The first-order valence-electron chi connectivity index (χ1n) is 8.97. The standard InChI is InChI=1S/C22H19F3O4S/c1-12(26)14-9-15(11-16(10-14)22(23,24)25)18-19(29-21(2,3)20(18)27)13-5-7-17(8-6-13)30(4)28/h5-11H,1-4H3. The van der Waals surface area contributed by atoms with Gasteiger partial charge in [0, 0.05) is 11.1 Å². The zero-order chi connectivity index (χ0) is 22.4. The van der Waals surface area contributed by atoms with Gasteiger partial charge in [-0.3, -0.25) is 9.59 Å². The van der Waals surface area contributed by atoms with Crippen LogP contribution in [0.15, 0.2) is 47.4 Å². The molecule has 158 valence electrons. The average Bonchev–Trinajstić information content (AvgIpc) is 2.90. The molecule has 4 nitrogen and oxygen atoms in total. The van der Waals surface area contributed by atoms with Crippen molar-refractivity contribution in [1.29, 1.82) is 0 Å². The first-order chi connectivity index (χ1) is 13.8. The van der Waals surface area contributed by atoms with E-state index in [4.69, 9.17) is 4.74 Å². The fraction of sp³-hybridized carbons (Fsp3) is 0.273. The molecule has 2 aromatic carbocycles. The van der Waals surface area contributed by atoms with Crippen LogP contribution in [0.5, 0.6) is 0 Å². The number of benzene rings is 2. The third kappa shape index (κ3) is 4.15. The predicted octanol–water partition coefficient (Wildman–Crippen LogP) is 4.89. The molecule has 3 rings (SSSR count). The molecule has 1 unspecified atom stereocenters. The third-order valence-corrected chi connectivity index (χ3v) is 5.70. The lowest BCUT2D eigenvalue weighted by Gasteiger charge is -2.18. The summed E-state index contributed by atoms with van der Waals surface area (Å²) in [4.78, 5) is 25.4. The molecule has 8 heteroatoms. The number of carbonyl (C=O) groups excluding carboxylic acids is 2. The number of carbonyl (C=O) groups is 2. The van der Waals surface area contributed by atoms with E-state index in [1.807, 2.05) is 0 Å². The van der Waals surface area contributed by atoms with Gasteiger partial charge in [-0.1, -0.05) is 0 Å². The molecule has 0 fully saturated rings. The average molecular weight is 436 g/mol. The number of ether oxygens (including phenoxy) is 1. The summed E-state index contributed by atoms with van der Waals surface area (Å²) >= 11 is -1.21. The van der Waals surface area contributed by atoms with E-state index in [0.717, 1.165) is 19.1 Å². The van der Waals surface area contributed by atoms with Crippen LogP contribution in [0.3, 0.4) is 0 Å². The van der Waals surface area contributed by atoms with Gasteiger partial charge in [0.15, 0.2) is 16.3 Å². The van der Waals surface area contributed by atoms with Crippen molar-refractivity contribution in [3.05, 3.63) is 64.7 Å². The van der Waals surface area contributed by atoms with Crippen molar-refractivity contribution in [2.45, 2.75) is 37.4 Å². The number of Topliss-reactive ketones (excluding diaryl/α,β-unsaturated/α-hetero) is 2.